The maximum absolute atomic E-state index is 13.2. The summed E-state index contributed by atoms with van der Waals surface area (Å²) < 4.78 is 38.5. The van der Waals surface area contributed by atoms with E-state index in [2.05, 4.69) is 9.71 Å². The molecule has 41 heavy (non-hydrogen) atoms. The van der Waals surface area contributed by atoms with Crippen LogP contribution in [0.15, 0.2) is 63.9 Å². The molecule has 3 rings (SSSR count). The van der Waals surface area contributed by atoms with Crippen LogP contribution in [0, 0.1) is 24.2 Å². The molecule has 0 radical (unpaired) electrons. The molecule has 0 saturated heterocycles. The van der Waals surface area contributed by atoms with Gasteiger partial charge in [-0.2, -0.15) is 13.7 Å². The molecule has 0 atom stereocenters. The van der Waals surface area contributed by atoms with E-state index in [-0.39, 0.29) is 55.6 Å². The zero-order chi connectivity index (χ0) is 30.3. The fourth-order valence-electron chi connectivity index (χ4n) is 3.43. The lowest BCUT2D eigenvalue weighted by molar-refractivity contribution is -0.250. The Balaban J connectivity index is 1.73. The Kier molecular flexibility index (Phi) is 10.3. The number of benzene rings is 3. The van der Waals surface area contributed by atoms with E-state index in [0.717, 1.165) is 0 Å². The van der Waals surface area contributed by atoms with Crippen LogP contribution in [-0.2, 0) is 19.6 Å². The summed E-state index contributed by atoms with van der Waals surface area (Å²) in [7, 11) is -4.32. The van der Waals surface area contributed by atoms with Crippen LogP contribution in [0.2, 0.25) is 10.0 Å². The van der Waals surface area contributed by atoms with Gasteiger partial charge < -0.3 is 19.9 Å². The first-order valence-corrected chi connectivity index (χ1v) is 14.2. The minimum absolute atomic E-state index is 0.0123. The van der Waals surface area contributed by atoms with Crippen molar-refractivity contribution in [3.8, 4) is 11.8 Å². The van der Waals surface area contributed by atoms with E-state index >= 15 is 0 Å². The van der Waals surface area contributed by atoms with Crippen molar-refractivity contribution in [1.82, 2.24) is 0 Å². The number of sulfonamides is 1. The number of carbonyl (C=O) groups excluding carboxylic acids is 2. The molecule has 0 saturated carbocycles. The molecule has 3 aromatic rings. The number of hydrogen-bond acceptors (Lipinski definition) is 8. The summed E-state index contributed by atoms with van der Waals surface area (Å²) in [5.41, 5.74) is 1.05. The van der Waals surface area contributed by atoms with E-state index < -0.39 is 34.4 Å². The SMILES string of the molecule is Cc1cc(S(=O)(=O)/N=C(/[O-])OCC(C)C)ccc1NC(=O)COc1ccc(Cl)cc1C(=O)c1cc(Cl)cc(C#N)c1. The number of nitrogens with one attached hydrogen (secondary N) is 1. The summed E-state index contributed by atoms with van der Waals surface area (Å²) in [4.78, 5) is 25.6. The zero-order valence-electron chi connectivity index (χ0n) is 22.1. The first-order valence-electron chi connectivity index (χ1n) is 12.0. The van der Waals surface area contributed by atoms with Gasteiger partial charge in [-0.15, -0.1) is 4.40 Å². The van der Waals surface area contributed by atoms with Gasteiger partial charge in [0.2, 0.25) is 0 Å². The second-order valence-corrected chi connectivity index (χ2v) is 11.6. The van der Waals surface area contributed by atoms with Crippen LogP contribution in [0.25, 0.3) is 0 Å². The molecule has 0 fully saturated rings. The second-order valence-electron chi connectivity index (χ2n) is 9.16. The molecule has 3 aromatic carbocycles. The lowest BCUT2D eigenvalue weighted by Gasteiger charge is -2.16. The van der Waals surface area contributed by atoms with Gasteiger partial charge in [0.25, 0.3) is 15.9 Å². The standard InChI is InChI=1S/C28H25Cl2N3O7S/c1-16(2)14-40-28(36)33-41(37,38)22-5-6-24(17(3)8-22)32-26(34)15-39-25-7-4-20(29)12-23(25)27(35)19-9-18(13-31)10-21(30)11-19/h4-12,16H,14-15H2,1-3H3,(H,32,34)(H,33,36)/p-1. The predicted molar refractivity (Wildman–Crippen MR) is 152 cm³/mol. The monoisotopic (exact) mass is 616 g/mol. The second kappa shape index (κ2) is 13.5. The van der Waals surface area contributed by atoms with Crippen molar-refractivity contribution in [3.63, 3.8) is 0 Å². The summed E-state index contributed by atoms with van der Waals surface area (Å²) in [5, 5.41) is 24.0. The highest BCUT2D eigenvalue weighted by atomic mass is 35.5. The molecule has 1 amide bonds. The predicted octanol–water partition coefficient (Wildman–Crippen LogP) is 4.50. The Labute approximate surface area is 247 Å². The average Bonchev–Trinajstić information content (AvgIpc) is 2.91. The van der Waals surface area contributed by atoms with Crippen molar-refractivity contribution in [1.29, 1.82) is 5.26 Å². The molecule has 0 spiro atoms. The molecule has 10 nitrogen and oxygen atoms in total. The number of aryl methyl sites for hydroxylation is 1. The molecule has 0 unspecified atom stereocenters. The Morgan fingerprint density at radius 3 is 2.46 bits per heavy atom. The summed E-state index contributed by atoms with van der Waals surface area (Å²) in [6.07, 6.45) is -1.22. The number of nitrogens with zero attached hydrogens (tertiary/aromatic N) is 2. The number of carbonyl (C=O) groups is 2. The average molecular weight is 617 g/mol. The van der Waals surface area contributed by atoms with E-state index in [4.69, 9.17) is 32.7 Å². The number of rotatable bonds is 10. The third-order valence-electron chi connectivity index (χ3n) is 5.34. The molecular weight excluding hydrogens is 593 g/mol. The van der Waals surface area contributed by atoms with Gasteiger partial charge in [-0.3, -0.25) is 9.59 Å². The number of ketones is 1. The van der Waals surface area contributed by atoms with Gasteiger partial charge >= 0.3 is 0 Å². The molecular formula is C28H24Cl2N3O7S-. The fraction of sp³-hybridized carbons (Fsp3) is 0.214. The van der Waals surface area contributed by atoms with E-state index in [1.54, 1.807) is 20.8 Å². The zero-order valence-corrected chi connectivity index (χ0v) is 24.4. The van der Waals surface area contributed by atoms with Crippen LogP contribution < -0.4 is 15.2 Å². The van der Waals surface area contributed by atoms with Crippen molar-refractivity contribution in [2.45, 2.75) is 25.7 Å². The normalized spacial score (nSPS) is 11.6. The molecule has 0 aromatic heterocycles. The maximum atomic E-state index is 13.2. The number of amides is 1. The van der Waals surface area contributed by atoms with Crippen LogP contribution in [0.1, 0.15) is 40.9 Å². The summed E-state index contributed by atoms with van der Waals surface area (Å²) in [5.74, 6) is -1.04. The Bertz CT molecular complexity index is 1670. The molecule has 0 aliphatic heterocycles. The fourth-order valence-corrected chi connectivity index (χ4v) is 4.76. The van der Waals surface area contributed by atoms with E-state index in [9.17, 15) is 28.4 Å². The van der Waals surface area contributed by atoms with Crippen molar-refractivity contribution < 1.29 is 32.6 Å². The Morgan fingerprint density at radius 1 is 1.07 bits per heavy atom. The topological polar surface area (TPSA) is 158 Å². The van der Waals surface area contributed by atoms with Crippen LogP contribution in [0.3, 0.4) is 0 Å². The molecule has 0 aliphatic carbocycles. The quantitative estimate of drug-likeness (QED) is 0.198. The maximum Gasteiger partial charge on any atom is 0.284 e. The molecule has 214 valence electrons. The molecule has 13 heteroatoms. The summed E-state index contributed by atoms with van der Waals surface area (Å²) in [6, 6.07) is 14.2. The lowest BCUT2D eigenvalue weighted by Crippen LogP contribution is -2.25. The van der Waals surface area contributed by atoms with Gasteiger partial charge in [-0.05, 0) is 79.6 Å². The molecule has 0 heterocycles. The van der Waals surface area contributed by atoms with Crippen molar-refractivity contribution in [3.05, 3.63) is 86.9 Å². The molecule has 0 aliphatic rings. The van der Waals surface area contributed by atoms with Gasteiger partial charge in [0.05, 0.1) is 22.1 Å². The highest BCUT2D eigenvalue weighted by Gasteiger charge is 2.19. The number of anilines is 1. The van der Waals surface area contributed by atoms with Crippen molar-refractivity contribution in [2.75, 3.05) is 18.5 Å². The van der Waals surface area contributed by atoms with Gasteiger partial charge in [0.15, 0.2) is 18.5 Å². The number of nitriles is 1. The number of ether oxygens (including phenoxy) is 2. The number of hydrogen-bond donors (Lipinski definition) is 1. The largest absolute Gasteiger partial charge is 0.599 e. The highest BCUT2D eigenvalue weighted by Crippen LogP contribution is 2.27. The smallest absolute Gasteiger partial charge is 0.284 e. The highest BCUT2D eigenvalue weighted by molar-refractivity contribution is 7.90. The third-order valence-corrected chi connectivity index (χ3v) is 7.03. The Hall–Kier alpha value is -4.11. The van der Waals surface area contributed by atoms with E-state index in [0.29, 0.717) is 5.56 Å². The Morgan fingerprint density at radius 2 is 1.80 bits per heavy atom. The van der Waals surface area contributed by atoms with Crippen LogP contribution in [-0.4, -0.2) is 39.4 Å². The first kappa shape index (κ1) is 31.4. The van der Waals surface area contributed by atoms with Crippen molar-refractivity contribution >= 4 is 56.7 Å². The summed E-state index contributed by atoms with van der Waals surface area (Å²) in [6.45, 7) is 4.67. The minimum Gasteiger partial charge on any atom is -0.599 e. The van der Waals surface area contributed by atoms with Gasteiger partial charge in [-0.1, -0.05) is 37.0 Å². The summed E-state index contributed by atoms with van der Waals surface area (Å²) >= 11 is 12.1. The van der Waals surface area contributed by atoms with Crippen LogP contribution in [0.4, 0.5) is 5.69 Å². The van der Waals surface area contributed by atoms with Gasteiger partial charge in [-0.25, -0.2) is 0 Å². The minimum atomic E-state index is -4.32. The lowest BCUT2D eigenvalue weighted by atomic mass is 10.0. The van der Waals surface area contributed by atoms with E-state index in [1.807, 2.05) is 6.07 Å². The van der Waals surface area contributed by atoms with Gasteiger partial charge in [0.1, 0.15) is 5.75 Å². The molecule has 0 bridgehead atoms. The van der Waals surface area contributed by atoms with Crippen LogP contribution in [0.5, 0.6) is 5.75 Å². The van der Waals surface area contributed by atoms with Crippen molar-refractivity contribution in [2.24, 2.45) is 10.3 Å². The first-order chi connectivity index (χ1) is 19.3. The van der Waals surface area contributed by atoms with E-state index in [1.165, 1.54) is 54.6 Å². The van der Waals surface area contributed by atoms with Gasteiger partial charge in [0, 0.05) is 21.3 Å². The number of halogens is 2. The molecule has 1 N–H and O–H groups in total. The third kappa shape index (κ3) is 8.69. The van der Waals surface area contributed by atoms with Crippen LogP contribution >= 0.6 is 23.2 Å².